The van der Waals surface area contributed by atoms with Crippen LogP contribution in [0.4, 0.5) is 11.5 Å². The topological polar surface area (TPSA) is 68.8 Å². The number of benzene rings is 1. The van der Waals surface area contributed by atoms with Gasteiger partial charge in [0.2, 0.25) is 5.91 Å². The fourth-order valence-corrected chi connectivity index (χ4v) is 4.81. The Morgan fingerprint density at radius 3 is 2.55 bits per heavy atom. The molecular formula is C24H29Cl2N5O2. The number of halogens is 2. The molecule has 7 nitrogen and oxygen atoms in total. The molecule has 3 heterocycles. The van der Waals surface area contributed by atoms with E-state index in [1.807, 2.05) is 4.90 Å². The van der Waals surface area contributed by atoms with Crippen molar-refractivity contribution in [2.75, 3.05) is 56.5 Å². The summed E-state index contributed by atoms with van der Waals surface area (Å²) in [5.74, 6) is 0.682. The molecule has 4 rings (SSSR count). The van der Waals surface area contributed by atoms with E-state index in [0.717, 1.165) is 45.4 Å². The van der Waals surface area contributed by atoms with Crippen LogP contribution in [0.3, 0.4) is 0 Å². The number of piperidine rings is 1. The lowest BCUT2D eigenvalue weighted by Gasteiger charge is -2.35. The van der Waals surface area contributed by atoms with Crippen LogP contribution >= 0.6 is 23.2 Å². The number of pyridine rings is 1. The number of carbonyl (C=O) groups is 2. The third-order valence-electron chi connectivity index (χ3n) is 6.34. The van der Waals surface area contributed by atoms with Crippen molar-refractivity contribution in [3.63, 3.8) is 0 Å². The first kappa shape index (κ1) is 23.8. The summed E-state index contributed by atoms with van der Waals surface area (Å²) in [6, 6.07) is 8.48. The smallest absolute Gasteiger partial charge is 0.255 e. The highest BCUT2D eigenvalue weighted by molar-refractivity contribution is 6.31. The molecule has 2 saturated heterocycles. The Morgan fingerprint density at radius 2 is 1.79 bits per heavy atom. The van der Waals surface area contributed by atoms with Gasteiger partial charge in [-0.3, -0.25) is 9.59 Å². The molecule has 176 valence electrons. The highest BCUT2D eigenvalue weighted by Crippen LogP contribution is 2.31. The Kier molecular flexibility index (Phi) is 7.73. The monoisotopic (exact) mass is 489 g/mol. The Labute approximate surface area is 204 Å². The number of amides is 2. The lowest BCUT2D eigenvalue weighted by Crippen LogP contribution is -2.44. The van der Waals surface area contributed by atoms with Crippen LogP contribution in [0.15, 0.2) is 36.5 Å². The third kappa shape index (κ3) is 5.96. The van der Waals surface area contributed by atoms with E-state index in [0.29, 0.717) is 40.2 Å². The largest absolute Gasteiger partial charge is 0.355 e. The van der Waals surface area contributed by atoms with E-state index in [2.05, 4.69) is 27.1 Å². The zero-order valence-electron chi connectivity index (χ0n) is 18.8. The van der Waals surface area contributed by atoms with Gasteiger partial charge in [0, 0.05) is 55.4 Å². The zero-order valence-corrected chi connectivity index (χ0v) is 20.3. The lowest BCUT2D eigenvalue weighted by molar-refractivity contribution is -0.136. The van der Waals surface area contributed by atoms with Crippen LogP contribution < -0.4 is 10.2 Å². The number of hydrogen-bond acceptors (Lipinski definition) is 5. The predicted molar refractivity (Wildman–Crippen MR) is 132 cm³/mol. The Morgan fingerprint density at radius 1 is 1.00 bits per heavy atom. The number of likely N-dealkylation sites (N-methyl/N-ethyl adjacent to an activating group) is 1. The van der Waals surface area contributed by atoms with Crippen molar-refractivity contribution in [2.24, 2.45) is 5.92 Å². The van der Waals surface area contributed by atoms with Gasteiger partial charge in [0.05, 0.1) is 10.7 Å². The molecule has 1 aromatic heterocycles. The van der Waals surface area contributed by atoms with Crippen LogP contribution in [0.5, 0.6) is 0 Å². The van der Waals surface area contributed by atoms with Crippen LogP contribution in [-0.2, 0) is 4.79 Å². The van der Waals surface area contributed by atoms with Crippen molar-refractivity contribution in [3.05, 3.63) is 52.1 Å². The minimum atomic E-state index is -0.279. The molecule has 2 aromatic rings. The van der Waals surface area contributed by atoms with Gasteiger partial charge in [0.25, 0.3) is 5.91 Å². The number of nitrogens with zero attached hydrogens (tertiary/aromatic N) is 4. The quantitative estimate of drug-likeness (QED) is 0.702. The maximum atomic E-state index is 13.1. The van der Waals surface area contributed by atoms with E-state index in [-0.39, 0.29) is 17.7 Å². The highest BCUT2D eigenvalue weighted by atomic mass is 35.5. The first-order valence-corrected chi connectivity index (χ1v) is 12.1. The van der Waals surface area contributed by atoms with Gasteiger partial charge in [-0.15, -0.1) is 0 Å². The number of rotatable bonds is 4. The van der Waals surface area contributed by atoms with Crippen LogP contribution in [0, 0.1) is 5.92 Å². The molecule has 2 amide bonds. The van der Waals surface area contributed by atoms with Crippen LogP contribution in [-0.4, -0.2) is 72.9 Å². The normalized spacial score (nSPS) is 18.2. The summed E-state index contributed by atoms with van der Waals surface area (Å²) < 4.78 is 0. The van der Waals surface area contributed by atoms with Crippen LogP contribution in [0.25, 0.3) is 0 Å². The third-order valence-corrected chi connectivity index (χ3v) is 6.79. The Hall–Kier alpha value is -2.35. The van der Waals surface area contributed by atoms with Gasteiger partial charge in [-0.25, -0.2) is 4.98 Å². The van der Waals surface area contributed by atoms with Crippen molar-refractivity contribution < 1.29 is 9.59 Å². The van der Waals surface area contributed by atoms with E-state index in [1.165, 1.54) is 0 Å². The summed E-state index contributed by atoms with van der Waals surface area (Å²) in [6.45, 7) is 4.98. The summed E-state index contributed by atoms with van der Waals surface area (Å²) in [5.41, 5.74) is 1.01. The summed E-state index contributed by atoms with van der Waals surface area (Å²) in [7, 11) is 2.11. The van der Waals surface area contributed by atoms with Gasteiger partial charge in [-0.1, -0.05) is 29.3 Å². The first-order chi connectivity index (χ1) is 15.9. The highest BCUT2D eigenvalue weighted by Gasteiger charge is 2.30. The number of hydrogen-bond donors (Lipinski definition) is 1. The van der Waals surface area contributed by atoms with Crippen molar-refractivity contribution in [1.82, 2.24) is 14.8 Å². The first-order valence-electron chi connectivity index (χ1n) is 11.4. The predicted octanol–water partition coefficient (Wildman–Crippen LogP) is 4.02. The molecule has 1 N–H and O–H groups in total. The molecule has 0 aliphatic carbocycles. The fourth-order valence-electron chi connectivity index (χ4n) is 4.46. The molecule has 33 heavy (non-hydrogen) atoms. The average molecular weight is 490 g/mol. The van der Waals surface area contributed by atoms with Gasteiger partial charge in [0.15, 0.2) is 5.82 Å². The molecule has 2 aliphatic rings. The second-order valence-corrected chi connectivity index (χ2v) is 9.61. The van der Waals surface area contributed by atoms with Crippen LogP contribution in [0.1, 0.15) is 29.6 Å². The van der Waals surface area contributed by atoms with Crippen molar-refractivity contribution in [1.29, 1.82) is 0 Å². The van der Waals surface area contributed by atoms with E-state index in [4.69, 9.17) is 23.2 Å². The van der Waals surface area contributed by atoms with Gasteiger partial charge in [-0.05, 0) is 57.1 Å². The Bertz CT molecular complexity index is 1010. The molecule has 0 bridgehead atoms. The second-order valence-electron chi connectivity index (χ2n) is 8.73. The second kappa shape index (κ2) is 10.7. The number of aromatic nitrogens is 1. The molecule has 0 unspecified atom stereocenters. The van der Waals surface area contributed by atoms with E-state index < -0.39 is 0 Å². The lowest BCUT2D eigenvalue weighted by atomic mass is 9.95. The van der Waals surface area contributed by atoms with Crippen molar-refractivity contribution >= 4 is 46.5 Å². The number of anilines is 2. The van der Waals surface area contributed by atoms with Crippen molar-refractivity contribution in [3.8, 4) is 0 Å². The molecule has 0 radical (unpaired) electrons. The fraction of sp³-hybridized carbons (Fsp3) is 0.458. The summed E-state index contributed by atoms with van der Waals surface area (Å²) in [5, 5.41) is 3.86. The van der Waals surface area contributed by atoms with Crippen molar-refractivity contribution in [2.45, 2.75) is 19.3 Å². The van der Waals surface area contributed by atoms with Crippen LogP contribution in [0.2, 0.25) is 10.0 Å². The molecule has 9 heteroatoms. The molecule has 1 aromatic carbocycles. The molecule has 2 fully saturated rings. The minimum Gasteiger partial charge on any atom is -0.355 e. The van der Waals surface area contributed by atoms with Gasteiger partial charge in [0.1, 0.15) is 0 Å². The summed E-state index contributed by atoms with van der Waals surface area (Å²) in [6.07, 6.45) is 4.12. The molecular weight excluding hydrogens is 461 g/mol. The molecule has 0 atom stereocenters. The summed E-state index contributed by atoms with van der Waals surface area (Å²) in [4.78, 5) is 36.8. The average Bonchev–Trinajstić information content (AvgIpc) is 3.03. The van der Waals surface area contributed by atoms with Gasteiger partial charge in [-0.2, -0.15) is 0 Å². The molecule has 0 saturated carbocycles. The zero-order chi connectivity index (χ0) is 23.4. The summed E-state index contributed by atoms with van der Waals surface area (Å²) >= 11 is 12.2. The van der Waals surface area contributed by atoms with E-state index >= 15 is 0 Å². The molecule has 2 aliphatic heterocycles. The van der Waals surface area contributed by atoms with E-state index in [1.54, 1.807) is 36.5 Å². The van der Waals surface area contributed by atoms with Gasteiger partial charge < -0.3 is 20.0 Å². The van der Waals surface area contributed by atoms with Gasteiger partial charge >= 0.3 is 0 Å². The maximum Gasteiger partial charge on any atom is 0.255 e. The SMILES string of the molecule is CN1CCCN(C(=O)C2CCN(c3ncc(Cl)cc3NC(=O)c3cccc(Cl)c3)CC2)CC1. The standard InChI is InChI=1S/C24H29Cl2N5O2/c1-29-8-3-9-31(13-12-29)24(33)17-6-10-30(11-7-17)22-21(15-20(26)16-27-22)28-23(32)18-4-2-5-19(25)14-18/h2,4-5,14-17H,3,6-13H2,1H3,(H,28,32). The number of carbonyl (C=O) groups excluding carboxylic acids is 2. The minimum absolute atomic E-state index is 0.0291. The number of nitrogens with one attached hydrogen (secondary N) is 1. The Balaban J connectivity index is 1.42. The molecule has 0 spiro atoms. The maximum absolute atomic E-state index is 13.1. The van der Waals surface area contributed by atoms with E-state index in [9.17, 15) is 9.59 Å².